The molecule has 0 bridgehead atoms. The van der Waals surface area contributed by atoms with Crippen molar-refractivity contribution in [2.24, 2.45) is 10.4 Å². The van der Waals surface area contributed by atoms with Crippen molar-refractivity contribution in [3.05, 3.63) is 12.7 Å². The molecule has 0 spiro atoms. The minimum atomic E-state index is -2.93. The number of hydrogen-bond acceptors (Lipinski definition) is 3. The van der Waals surface area contributed by atoms with Gasteiger partial charge in [0, 0.05) is 38.4 Å². The van der Waals surface area contributed by atoms with Gasteiger partial charge in [0.25, 0.3) is 0 Å². The Morgan fingerprint density at radius 3 is 2.57 bits per heavy atom. The van der Waals surface area contributed by atoms with Crippen LogP contribution in [-0.2, 0) is 9.84 Å². The molecule has 0 amide bonds. The summed E-state index contributed by atoms with van der Waals surface area (Å²) in [6.45, 7) is 8.17. The highest BCUT2D eigenvalue weighted by molar-refractivity contribution is 7.90. The summed E-state index contributed by atoms with van der Waals surface area (Å²) in [6, 6.07) is 0. The predicted octanol–water partition coefficient (Wildman–Crippen LogP) is 2.45. The number of rotatable bonds is 11. The normalized spacial score (nSPS) is 16.9. The molecule has 134 valence electrons. The Hall–Kier alpha value is -1.04. The van der Waals surface area contributed by atoms with Gasteiger partial charge in [-0.2, -0.15) is 0 Å². The fourth-order valence-electron chi connectivity index (χ4n) is 2.71. The summed E-state index contributed by atoms with van der Waals surface area (Å²) in [5, 5.41) is 3.31. The van der Waals surface area contributed by atoms with Crippen LogP contribution in [0, 0.1) is 5.41 Å². The lowest BCUT2D eigenvalue weighted by Gasteiger charge is -2.23. The first-order valence-corrected chi connectivity index (χ1v) is 10.7. The predicted molar refractivity (Wildman–Crippen MR) is 98.7 cm³/mol. The Labute approximate surface area is 142 Å². The van der Waals surface area contributed by atoms with Crippen molar-refractivity contribution < 1.29 is 8.42 Å². The Kier molecular flexibility index (Phi) is 8.09. The van der Waals surface area contributed by atoms with Crippen LogP contribution < -0.4 is 5.32 Å². The zero-order chi connectivity index (χ0) is 17.3. The Morgan fingerprint density at radius 2 is 2.04 bits per heavy atom. The monoisotopic (exact) mass is 343 g/mol. The third-order valence-corrected chi connectivity index (χ3v) is 5.32. The largest absolute Gasteiger partial charge is 0.357 e. The molecule has 0 aromatic heterocycles. The van der Waals surface area contributed by atoms with E-state index >= 15 is 0 Å². The summed E-state index contributed by atoms with van der Waals surface area (Å²) in [5.74, 6) is 1.14. The van der Waals surface area contributed by atoms with Crippen molar-refractivity contribution in [2.45, 2.75) is 45.4 Å². The van der Waals surface area contributed by atoms with Gasteiger partial charge in [0.2, 0.25) is 0 Å². The van der Waals surface area contributed by atoms with E-state index in [1.807, 2.05) is 13.1 Å². The van der Waals surface area contributed by atoms with Crippen molar-refractivity contribution in [1.29, 1.82) is 0 Å². The van der Waals surface area contributed by atoms with Crippen LogP contribution >= 0.6 is 0 Å². The van der Waals surface area contributed by atoms with Crippen LogP contribution in [0.15, 0.2) is 17.6 Å². The lowest BCUT2D eigenvalue weighted by molar-refractivity contribution is 0.451. The number of sulfone groups is 1. The van der Waals surface area contributed by atoms with Gasteiger partial charge in [0.05, 0.1) is 5.75 Å². The van der Waals surface area contributed by atoms with E-state index in [0.29, 0.717) is 6.54 Å². The van der Waals surface area contributed by atoms with Gasteiger partial charge < -0.3 is 10.2 Å². The van der Waals surface area contributed by atoms with Gasteiger partial charge in [-0.25, -0.2) is 8.42 Å². The molecule has 23 heavy (non-hydrogen) atoms. The molecular weight excluding hydrogens is 310 g/mol. The maximum Gasteiger partial charge on any atom is 0.193 e. The maximum atomic E-state index is 11.5. The molecule has 0 aliphatic heterocycles. The molecule has 1 rings (SSSR count). The first kappa shape index (κ1) is 20.0. The van der Waals surface area contributed by atoms with Crippen LogP contribution in [0.2, 0.25) is 0 Å². The van der Waals surface area contributed by atoms with Gasteiger partial charge in [0.15, 0.2) is 5.96 Å². The van der Waals surface area contributed by atoms with E-state index in [2.05, 4.69) is 23.7 Å². The van der Waals surface area contributed by atoms with E-state index < -0.39 is 9.84 Å². The van der Waals surface area contributed by atoms with Gasteiger partial charge in [-0.15, -0.1) is 6.58 Å². The van der Waals surface area contributed by atoms with E-state index in [4.69, 9.17) is 4.99 Å². The van der Waals surface area contributed by atoms with E-state index in [9.17, 15) is 8.42 Å². The average molecular weight is 344 g/mol. The van der Waals surface area contributed by atoms with Crippen molar-refractivity contribution in [3.63, 3.8) is 0 Å². The summed E-state index contributed by atoms with van der Waals surface area (Å²) < 4.78 is 23.1. The summed E-state index contributed by atoms with van der Waals surface area (Å²) in [4.78, 5) is 6.84. The molecule has 0 radical (unpaired) electrons. The summed E-state index contributed by atoms with van der Waals surface area (Å²) >= 11 is 0. The molecule has 0 atom stereocenters. The quantitative estimate of drug-likeness (QED) is 0.271. The highest BCUT2D eigenvalue weighted by Crippen LogP contribution is 2.46. The highest BCUT2D eigenvalue weighted by Gasteiger charge is 2.45. The lowest BCUT2D eigenvalue weighted by Crippen LogP contribution is -2.40. The third kappa shape index (κ3) is 8.39. The number of allylic oxidation sites excluding steroid dienone is 1. The van der Waals surface area contributed by atoms with Gasteiger partial charge in [0.1, 0.15) is 9.84 Å². The fraction of sp³-hybridized carbons (Fsp3) is 0.824. The number of guanidine groups is 1. The second kappa shape index (κ2) is 9.30. The zero-order valence-corrected chi connectivity index (χ0v) is 15.8. The van der Waals surface area contributed by atoms with Crippen molar-refractivity contribution >= 4 is 15.8 Å². The third-order valence-electron chi connectivity index (χ3n) is 4.19. The molecule has 0 unspecified atom stereocenters. The zero-order valence-electron chi connectivity index (χ0n) is 15.0. The van der Waals surface area contributed by atoms with Crippen LogP contribution in [0.5, 0.6) is 0 Å². The highest BCUT2D eigenvalue weighted by atomic mass is 32.2. The van der Waals surface area contributed by atoms with Crippen molar-refractivity contribution in [3.8, 4) is 0 Å². The minimum Gasteiger partial charge on any atom is -0.357 e. The Bertz CT molecular complexity index is 496. The van der Waals surface area contributed by atoms with Crippen LogP contribution in [-0.4, -0.2) is 58.0 Å². The molecule has 5 nitrogen and oxygen atoms in total. The van der Waals surface area contributed by atoms with E-state index in [1.54, 1.807) is 0 Å². The van der Waals surface area contributed by atoms with Crippen molar-refractivity contribution in [1.82, 2.24) is 10.2 Å². The molecule has 1 fully saturated rings. The second-order valence-corrected chi connectivity index (χ2v) is 8.94. The molecule has 0 aromatic rings. The van der Waals surface area contributed by atoms with E-state index in [0.717, 1.165) is 44.7 Å². The average Bonchev–Trinajstić information content (AvgIpc) is 3.20. The molecular formula is C17H33N3O2S. The van der Waals surface area contributed by atoms with Crippen LogP contribution in [0.4, 0.5) is 0 Å². The number of hydrogen-bond donors (Lipinski definition) is 1. The molecule has 1 saturated carbocycles. The number of aliphatic imine (C=N–C) groups is 1. The van der Waals surface area contributed by atoms with E-state index in [1.165, 1.54) is 19.1 Å². The van der Waals surface area contributed by atoms with Crippen LogP contribution in [0.3, 0.4) is 0 Å². The van der Waals surface area contributed by atoms with Crippen LogP contribution in [0.25, 0.3) is 0 Å². The molecule has 0 heterocycles. The number of unbranched alkanes of at least 4 members (excludes halogenated alkanes) is 3. The molecule has 1 aliphatic rings. The Balaban J connectivity index is 2.50. The smallest absolute Gasteiger partial charge is 0.193 e. The first-order valence-electron chi connectivity index (χ1n) is 8.60. The first-order chi connectivity index (χ1) is 10.8. The van der Waals surface area contributed by atoms with Gasteiger partial charge in [-0.1, -0.05) is 12.5 Å². The maximum absolute atomic E-state index is 11.5. The lowest BCUT2D eigenvalue weighted by atomic mass is 10.1. The SMILES string of the molecule is C=CCCCCCN(C)C(=NCC1(CS(C)(=O)=O)CC1)NCC. The Morgan fingerprint density at radius 1 is 1.35 bits per heavy atom. The van der Waals surface area contributed by atoms with Gasteiger partial charge in [-0.3, -0.25) is 4.99 Å². The summed E-state index contributed by atoms with van der Waals surface area (Å²) in [6.07, 6.45) is 9.79. The number of nitrogens with one attached hydrogen (secondary N) is 1. The summed E-state index contributed by atoms with van der Waals surface area (Å²) in [5.41, 5.74) is -0.112. The van der Waals surface area contributed by atoms with Gasteiger partial charge >= 0.3 is 0 Å². The van der Waals surface area contributed by atoms with Crippen LogP contribution in [0.1, 0.15) is 45.4 Å². The molecule has 0 aromatic carbocycles. The van der Waals surface area contributed by atoms with E-state index in [-0.39, 0.29) is 11.2 Å². The fourth-order valence-corrected chi connectivity index (χ4v) is 4.21. The summed E-state index contributed by atoms with van der Waals surface area (Å²) in [7, 11) is -0.887. The second-order valence-electron chi connectivity index (χ2n) is 6.80. The standard InChI is InChI=1S/C17H33N3O2S/c1-5-7-8-9-10-13-20(3)16(18-6-2)19-14-17(11-12-17)15-23(4,21)22/h5H,1,6-15H2,2-4H3,(H,18,19). The molecule has 6 heteroatoms. The molecule has 1 aliphatic carbocycles. The molecule has 1 N–H and O–H groups in total. The van der Waals surface area contributed by atoms with Crippen molar-refractivity contribution in [2.75, 3.05) is 38.7 Å². The topological polar surface area (TPSA) is 61.8 Å². The molecule has 0 saturated heterocycles. The van der Waals surface area contributed by atoms with Gasteiger partial charge in [-0.05, 0) is 39.0 Å². The number of nitrogens with zero attached hydrogens (tertiary/aromatic N) is 2. The minimum absolute atomic E-state index is 0.112.